The highest BCUT2D eigenvalue weighted by atomic mass is 32.1. The predicted octanol–water partition coefficient (Wildman–Crippen LogP) is 0.296. The van der Waals surface area contributed by atoms with Crippen molar-refractivity contribution in [1.82, 2.24) is 20.4 Å². The van der Waals surface area contributed by atoms with Crippen molar-refractivity contribution in [2.45, 2.75) is 18.6 Å². The lowest BCUT2D eigenvalue weighted by Gasteiger charge is -2.35. The van der Waals surface area contributed by atoms with Gasteiger partial charge in [-0.3, -0.25) is 10.1 Å². The van der Waals surface area contributed by atoms with Gasteiger partial charge < -0.3 is 15.1 Å². The molecule has 0 radical (unpaired) electrons. The van der Waals surface area contributed by atoms with Gasteiger partial charge in [-0.05, 0) is 24.2 Å². The summed E-state index contributed by atoms with van der Waals surface area (Å²) in [6, 6.07) is 9.15. The monoisotopic (exact) mass is 304 g/mol. The molecule has 2 atom stereocenters. The molecule has 1 aromatic carbocycles. The van der Waals surface area contributed by atoms with Crippen LogP contribution in [-0.4, -0.2) is 52.7 Å². The summed E-state index contributed by atoms with van der Waals surface area (Å²) in [6.45, 7) is 0.631. The molecular weight excluding hydrogens is 288 g/mol. The second-order valence-corrected chi connectivity index (χ2v) is 5.56. The van der Waals surface area contributed by atoms with E-state index in [1.807, 2.05) is 35.2 Å². The number of thiocarbonyl (C=S) groups is 1. The summed E-state index contributed by atoms with van der Waals surface area (Å²) in [7, 11) is 1.65. The van der Waals surface area contributed by atoms with Gasteiger partial charge in [0, 0.05) is 13.6 Å². The Morgan fingerprint density at radius 2 is 1.95 bits per heavy atom. The molecule has 7 heteroatoms. The van der Waals surface area contributed by atoms with E-state index in [0.29, 0.717) is 11.7 Å². The van der Waals surface area contributed by atoms with Crippen LogP contribution in [0.2, 0.25) is 0 Å². The minimum Gasteiger partial charge on any atom is -0.340 e. The Kier molecular flexibility index (Phi) is 3.50. The Morgan fingerprint density at radius 3 is 2.67 bits per heavy atom. The summed E-state index contributed by atoms with van der Waals surface area (Å²) in [5.74, 6) is -0.302. The first kappa shape index (κ1) is 13.8. The average molecular weight is 304 g/mol. The molecule has 2 unspecified atom stereocenters. The molecule has 21 heavy (non-hydrogen) atoms. The number of carbonyl (C=O) groups is 2. The molecule has 1 aromatic rings. The number of carbonyl (C=O) groups excluding carboxylic acids is 2. The number of amides is 3. The quantitative estimate of drug-likeness (QED) is 0.786. The SMILES string of the molecule is CN1C(=O)NC(=O)C2C1NC(=S)N2CCc1ccccc1. The second-order valence-electron chi connectivity index (χ2n) is 5.17. The first-order valence-electron chi connectivity index (χ1n) is 6.76. The Hall–Kier alpha value is -2.15. The van der Waals surface area contributed by atoms with Gasteiger partial charge in [-0.15, -0.1) is 0 Å². The fourth-order valence-electron chi connectivity index (χ4n) is 2.71. The van der Waals surface area contributed by atoms with Crippen LogP contribution in [0.5, 0.6) is 0 Å². The van der Waals surface area contributed by atoms with Crippen molar-refractivity contribution < 1.29 is 9.59 Å². The van der Waals surface area contributed by atoms with E-state index in [1.54, 1.807) is 7.05 Å². The zero-order valence-electron chi connectivity index (χ0n) is 11.6. The standard InChI is InChI=1S/C14H16N4O2S/c1-17-11-10(12(19)16-13(17)20)18(14(21)15-11)8-7-9-5-3-2-4-6-9/h2-6,10-11H,7-8H2,1H3,(H,15,21)(H,16,19,20). The van der Waals surface area contributed by atoms with Gasteiger partial charge in [0.2, 0.25) is 0 Å². The minimum absolute atomic E-state index is 0.302. The van der Waals surface area contributed by atoms with Crippen LogP contribution in [0.15, 0.2) is 30.3 Å². The van der Waals surface area contributed by atoms with Gasteiger partial charge in [0.25, 0.3) is 5.91 Å². The molecule has 2 N–H and O–H groups in total. The number of nitrogens with zero attached hydrogens (tertiary/aromatic N) is 2. The maximum atomic E-state index is 12.1. The highest BCUT2D eigenvalue weighted by Gasteiger charge is 2.48. The number of likely N-dealkylation sites (N-methyl/N-ethyl adjacent to an activating group) is 1. The topological polar surface area (TPSA) is 64.7 Å². The van der Waals surface area contributed by atoms with E-state index >= 15 is 0 Å². The van der Waals surface area contributed by atoms with E-state index in [9.17, 15) is 9.59 Å². The van der Waals surface area contributed by atoms with Crippen LogP contribution in [0.1, 0.15) is 5.56 Å². The van der Waals surface area contributed by atoms with Crippen molar-refractivity contribution >= 4 is 29.3 Å². The van der Waals surface area contributed by atoms with Gasteiger partial charge in [-0.1, -0.05) is 30.3 Å². The summed E-state index contributed by atoms with van der Waals surface area (Å²) >= 11 is 5.31. The van der Waals surface area contributed by atoms with Crippen LogP contribution in [0.3, 0.4) is 0 Å². The predicted molar refractivity (Wildman–Crippen MR) is 81.5 cm³/mol. The first-order valence-corrected chi connectivity index (χ1v) is 7.17. The number of fused-ring (bicyclic) bond motifs is 1. The summed E-state index contributed by atoms with van der Waals surface area (Å²) in [6.07, 6.45) is 0.395. The minimum atomic E-state index is -0.469. The molecule has 2 saturated heterocycles. The lowest BCUT2D eigenvalue weighted by Crippen LogP contribution is -2.64. The summed E-state index contributed by atoms with van der Waals surface area (Å²) in [5.41, 5.74) is 1.18. The molecular formula is C14H16N4O2S. The third-order valence-corrected chi connectivity index (χ3v) is 4.24. The third-order valence-electron chi connectivity index (χ3n) is 3.89. The number of nitrogens with one attached hydrogen (secondary N) is 2. The van der Waals surface area contributed by atoms with Gasteiger partial charge in [-0.25, -0.2) is 4.79 Å². The van der Waals surface area contributed by atoms with E-state index < -0.39 is 18.2 Å². The molecule has 0 bridgehead atoms. The normalized spacial score (nSPS) is 24.7. The van der Waals surface area contributed by atoms with E-state index in [-0.39, 0.29) is 5.91 Å². The zero-order chi connectivity index (χ0) is 15.0. The highest BCUT2D eigenvalue weighted by molar-refractivity contribution is 7.80. The molecule has 3 rings (SSSR count). The molecule has 0 spiro atoms. The van der Waals surface area contributed by atoms with Gasteiger partial charge in [0.1, 0.15) is 12.2 Å². The Morgan fingerprint density at radius 1 is 1.24 bits per heavy atom. The molecule has 2 aliphatic rings. The van der Waals surface area contributed by atoms with Gasteiger partial charge in [0.05, 0.1) is 0 Å². The summed E-state index contributed by atoms with van der Waals surface area (Å²) < 4.78 is 0. The van der Waals surface area contributed by atoms with Crippen LogP contribution in [-0.2, 0) is 11.2 Å². The van der Waals surface area contributed by atoms with Crippen molar-refractivity contribution in [2.75, 3.05) is 13.6 Å². The van der Waals surface area contributed by atoms with Crippen molar-refractivity contribution in [3.63, 3.8) is 0 Å². The number of benzene rings is 1. The van der Waals surface area contributed by atoms with E-state index in [1.165, 1.54) is 10.5 Å². The Labute approximate surface area is 128 Å². The van der Waals surface area contributed by atoms with Crippen LogP contribution < -0.4 is 10.6 Å². The van der Waals surface area contributed by atoms with Crippen LogP contribution in [0, 0.1) is 0 Å². The molecule has 0 aliphatic carbocycles. The van der Waals surface area contributed by atoms with Crippen molar-refractivity contribution in [3.8, 4) is 0 Å². The van der Waals surface area contributed by atoms with E-state index in [0.717, 1.165) is 6.42 Å². The summed E-state index contributed by atoms with van der Waals surface area (Å²) in [5, 5.41) is 5.92. The van der Waals surface area contributed by atoms with Crippen molar-refractivity contribution in [1.29, 1.82) is 0 Å². The molecule has 6 nitrogen and oxygen atoms in total. The smallest absolute Gasteiger partial charge is 0.325 e. The summed E-state index contributed by atoms with van der Waals surface area (Å²) in [4.78, 5) is 27.1. The molecule has 0 saturated carbocycles. The fraction of sp³-hybridized carbons (Fsp3) is 0.357. The van der Waals surface area contributed by atoms with Crippen molar-refractivity contribution in [2.24, 2.45) is 0 Å². The fourth-order valence-corrected chi connectivity index (χ4v) is 3.03. The van der Waals surface area contributed by atoms with E-state index in [2.05, 4.69) is 10.6 Å². The highest BCUT2D eigenvalue weighted by Crippen LogP contribution is 2.20. The van der Waals surface area contributed by atoms with Crippen LogP contribution >= 0.6 is 12.2 Å². The maximum Gasteiger partial charge on any atom is 0.325 e. The van der Waals surface area contributed by atoms with E-state index in [4.69, 9.17) is 12.2 Å². The molecule has 0 aromatic heterocycles. The maximum absolute atomic E-state index is 12.1. The van der Waals surface area contributed by atoms with Gasteiger partial charge >= 0.3 is 6.03 Å². The zero-order valence-corrected chi connectivity index (χ0v) is 12.4. The van der Waals surface area contributed by atoms with Crippen LogP contribution in [0.25, 0.3) is 0 Å². The number of rotatable bonds is 3. The molecule has 110 valence electrons. The number of hydrogen-bond acceptors (Lipinski definition) is 3. The Bertz CT molecular complexity index is 592. The largest absolute Gasteiger partial charge is 0.340 e. The number of urea groups is 1. The van der Waals surface area contributed by atoms with Gasteiger partial charge in [-0.2, -0.15) is 0 Å². The lowest BCUT2D eigenvalue weighted by molar-refractivity contribution is -0.127. The molecule has 2 fully saturated rings. The van der Waals surface area contributed by atoms with Crippen LogP contribution in [0.4, 0.5) is 4.79 Å². The third kappa shape index (κ3) is 2.44. The van der Waals surface area contributed by atoms with Gasteiger partial charge in [0.15, 0.2) is 5.11 Å². The van der Waals surface area contributed by atoms with Crippen molar-refractivity contribution in [3.05, 3.63) is 35.9 Å². The first-order chi connectivity index (χ1) is 10.1. The number of hydrogen-bond donors (Lipinski definition) is 2. The molecule has 3 amide bonds. The molecule has 2 aliphatic heterocycles. The average Bonchev–Trinajstić information content (AvgIpc) is 2.81. The lowest BCUT2D eigenvalue weighted by atomic mass is 10.1. The number of imide groups is 1. The second kappa shape index (κ2) is 5.33. The molecule has 2 heterocycles. The Balaban J connectivity index is 1.75.